The van der Waals surface area contributed by atoms with Crippen LogP contribution in [-0.2, 0) is 11.3 Å². The van der Waals surface area contributed by atoms with Gasteiger partial charge >= 0.3 is 0 Å². The van der Waals surface area contributed by atoms with E-state index in [1.165, 1.54) is 0 Å². The van der Waals surface area contributed by atoms with Crippen LogP contribution in [0.25, 0.3) is 0 Å². The van der Waals surface area contributed by atoms with E-state index in [1.54, 1.807) is 6.08 Å². The Morgan fingerprint density at radius 2 is 2.06 bits per heavy atom. The quantitative estimate of drug-likeness (QED) is 0.716. The number of nitrogens with zero attached hydrogens (tertiary/aromatic N) is 1. The van der Waals surface area contributed by atoms with Gasteiger partial charge in [-0.25, -0.2) is 0 Å². The molecule has 0 aliphatic rings. The highest BCUT2D eigenvalue weighted by molar-refractivity contribution is 5.76. The molecule has 0 unspecified atom stereocenters. The third-order valence-electron chi connectivity index (χ3n) is 2.76. The maximum absolute atomic E-state index is 12.0. The fraction of sp³-hybridized carbons (Fsp3) is 0.400. The molecule has 1 amide bonds. The van der Waals surface area contributed by atoms with E-state index in [4.69, 9.17) is 5.73 Å². The second kappa shape index (κ2) is 8.48. The Bertz CT molecular complexity index is 362. The largest absolute Gasteiger partial charge is 0.338 e. The van der Waals surface area contributed by atoms with E-state index >= 15 is 0 Å². The van der Waals surface area contributed by atoms with Crippen molar-refractivity contribution in [1.29, 1.82) is 0 Å². The minimum atomic E-state index is 0.173. The highest BCUT2D eigenvalue weighted by atomic mass is 16.2. The summed E-state index contributed by atoms with van der Waals surface area (Å²) in [6.07, 6.45) is 3.88. The van der Waals surface area contributed by atoms with Gasteiger partial charge < -0.3 is 10.6 Å². The number of allylic oxidation sites excluding steroid dienone is 1. The number of nitrogens with two attached hydrogens (primary N) is 1. The van der Waals surface area contributed by atoms with Gasteiger partial charge in [-0.3, -0.25) is 4.79 Å². The summed E-state index contributed by atoms with van der Waals surface area (Å²) in [6.45, 7) is 5.65. The number of benzene rings is 1. The van der Waals surface area contributed by atoms with Gasteiger partial charge in [0.25, 0.3) is 0 Å². The molecule has 0 bridgehead atoms. The van der Waals surface area contributed by atoms with Crippen molar-refractivity contribution in [3.8, 4) is 0 Å². The third-order valence-corrected chi connectivity index (χ3v) is 2.76. The van der Waals surface area contributed by atoms with E-state index in [1.807, 2.05) is 35.2 Å². The molecular formula is C15H22N2O. The highest BCUT2D eigenvalue weighted by Gasteiger charge is 2.12. The monoisotopic (exact) mass is 246 g/mol. The van der Waals surface area contributed by atoms with Gasteiger partial charge in [0, 0.05) is 19.5 Å². The van der Waals surface area contributed by atoms with Crippen molar-refractivity contribution in [1.82, 2.24) is 4.90 Å². The molecule has 98 valence electrons. The van der Waals surface area contributed by atoms with Crippen molar-refractivity contribution in [2.75, 3.05) is 13.1 Å². The minimum Gasteiger partial charge on any atom is -0.338 e. The van der Waals surface area contributed by atoms with E-state index in [9.17, 15) is 4.79 Å². The molecule has 0 aromatic heterocycles. The average Bonchev–Trinajstić information content (AvgIpc) is 2.42. The Labute approximate surface area is 109 Å². The van der Waals surface area contributed by atoms with Crippen molar-refractivity contribution in [2.24, 2.45) is 5.73 Å². The number of rotatable bonds is 8. The van der Waals surface area contributed by atoms with E-state index < -0.39 is 0 Å². The summed E-state index contributed by atoms with van der Waals surface area (Å²) < 4.78 is 0. The summed E-state index contributed by atoms with van der Waals surface area (Å²) in [4.78, 5) is 13.9. The first kappa shape index (κ1) is 14.5. The molecule has 1 rings (SSSR count). The normalized spacial score (nSPS) is 10.1. The Hall–Kier alpha value is -1.61. The van der Waals surface area contributed by atoms with Crippen molar-refractivity contribution < 1.29 is 4.79 Å². The molecule has 1 aromatic rings. The Morgan fingerprint density at radius 1 is 1.33 bits per heavy atom. The molecule has 0 spiro atoms. The van der Waals surface area contributed by atoms with Gasteiger partial charge in [-0.15, -0.1) is 6.58 Å². The van der Waals surface area contributed by atoms with Gasteiger partial charge in [0.15, 0.2) is 0 Å². The first-order chi connectivity index (χ1) is 8.77. The fourth-order valence-electron chi connectivity index (χ4n) is 1.76. The summed E-state index contributed by atoms with van der Waals surface area (Å²) in [7, 11) is 0. The van der Waals surface area contributed by atoms with Crippen LogP contribution in [0.5, 0.6) is 0 Å². The van der Waals surface area contributed by atoms with Crippen LogP contribution in [-0.4, -0.2) is 23.9 Å². The molecule has 0 radical (unpaired) electrons. The number of carbonyl (C=O) groups is 1. The SMILES string of the molecule is C=CCCC(=O)N(CCCN)Cc1ccccc1. The molecule has 1 aromatic carbocycles. The molecular weight excluding hydrogens is 224 g/mol. The van der Waals surface area contributed by atoms with Crippen LogP contribution in [0.3, 0.4) is 0 Å². The van der Waals surface area contributed by atoms with Crippen LogP contribution in [0, 0.1) is 0 Å². The van der Waals surface area contributed by atoms with Crippen LogP contribution in [0.2, 0.25) is 0 Å². The van der Waals surface area contributed by atoms with Crippen molar-refractivity contribution in [3.63, 3.8) is 0 Å². The van der Waals surface area contributed by atoms with Gasteiger partial charge in [0.05, 0.1) is 0 Å². The molecule has 0 atom stereocenters. The Balaban J connectivity index is 2.59. The van der Waals surface area contributed by atoms with E-state index in [0.717, 1.165) is 24.9 Å². The fourth-order valence-corrected chi connectivity index (χ4v) is 1.76. The highest BCUT2D eigenvalue weighted by Crippen LogP contribution is 2.08. The minimum absolute atomic E-state index is 0.173. The second-order valence-corrected chi connectivity index (χ2v) is 4.27. The summed E-state index contributed by atoms with van der Waals surface area (Å²) in [5, 5.41) is 0. The third kappa shape index (κ3) is 5.15. The van der Waals surface area contributed by atoms with Crippen LogP contribution in [0.15, 0.2) is 43.0 Å². The zero-order valence-electron chi connectivity index (χ0n) is 10.8. The lowest BCUT2D eigenvalue weighted by atomic mass is 10.2. The van der Waals surface area contributed by atoms with E-state index in [2.05, 4.69) is 6.58 Å². The molecule has 3 heteroatoms. The average molecular weight is 246 g/mol. The molecule has 0 aliphatic heterocycles. The summed E-state index contributed by atoms with van der Waals surface area (Å²) >= 11 is 0. The number of amides is 1. The lowest BCUT2D eigenvalue weighted by molar-refractivity contribution is -0.131. The van der Waals surface area contributed by atoms with Gasteiger partial charge in [-0.2, -0.15) is 0 Å². The standard InChI is InChI=1S/C15H22N2O/c1-2-3-10-15(18)17(12-7-11-16)13-14-8-5-4-6-9-14/h2,4-6,8-9H,1,3,7,10-13,16H2. The molecule has 18 heavy (non-hydrogen) atoms. The maximum atomic E-state index is 12.0. The van der Waals surface area contributed by atoms with Gasteiger partial charge in [-0.05, 0) is 24.9 Å². The lowest BCUT2D eigenvalue weighted by Crippen LogP contribution is -2.32. The maximum Gasteiger partial charge on any atom is 0.223 e. The topological polar surface area (TPSA) is 46.3 Å². The lowest BCUT2D eigenvalue weighted by Gasteiger charge is -2.22. The zero-order valence-corrected chi connectivity index (χ0v) is 10.8. The van der Waals surface area contributed by atoms with Gasteiger partial charge in [-0.1, -0.05) is 36.4 Å². The first-order valence-corrected chi connectivity index (χ1v) is 6.40. The van der Waals surface area contributed by atoms with E-state index in [-0.39, 0.29) is 5.91 Å². The van der Waals surface area contributed by atoms with Crippen LogP contribution in [0.1, 0.15) is 24.8 Å². The van der Waals surface area contributed by atoms with Crippen molar-refractivity contribution in [2.45, 2.75) is 25.8 Å². The smallest absolute Gasteiger partial charge is 0.223 e. The van der Waals surface area contributed by atoms with Gasteiger partial charge in [0.1, 0.15) is 0 Å². The van der Waals surface area contributed by atoms with Crippen molar-refractivity contribution >= 4 is 5.91 Å². The Morgan fingerprint density at radius 3 is 2.67 bits per heavy atom. The summed E-state index contributed by atoms with van der Waals surface area (Å²) in [6, 6.07) is 10.0. The number of hydrogen-bond donors (Lipinski definition) is 1. The van der Waals surface area contributed by atoms with Crippen LogP contribution < -0.4 is 5.73 Å². The number of carbonyl (C=O) groups excluding carboxylic acids is 1. The zero-order chi connectivity index (χ0) is 13.2. The molecule has 0 saturated carbocycles. The van der Waals surface area contributed by atoms with Gasteiger partial charge in [0.2, 0.25) is 5.91 Å². The predicted octanol–water partition coefficient (Wildman–Crippen LogP) is 2.33. The second-order valence-electron chi connectivity index (χ2n) is 4.27. The molecule has 0 fully saturated rings. The molecule has 2 N–H and O–H groups in total. The summed E-state index contributed by atoms with van der Waals surface area (Å²) in [5.41, 5.74) is 6.67. The summed E-state index contributed by atoms with van der Waals surface area (Å²) in [5.74, 6) is 0.173. The Kier molecular flexibility index (Phi) is 6.81. The first-order valence-electron chi connectivity index (χ1n) is 6.40. The molecule has 0 aliphatic carbocycles. The van der Waals surface area contributed by atoms with Crippen molar-refractivity contribution in [3.05, 3.63) is 48.6 Å². The molecule has 3 nitrogen and oxygen atoms in total. The molecule has 0 heterocycles. The van der Waals surface area contributed by atoms with Crippen LogP contribution in [0.4, 0.5) is 0 Å². The predicted molar refractivity (Wildman–Crippen MR) is 75.0 cm³/mol. The molecule has 0 saturated heterocycles. The number of hydrogen-bond acceptors (Lipinski definition) is 2. The van der Waals surface area contributed by atoms with E-state index in [0.29, 0.717) is 19.5 Å². The van der Waals surface area contributed by atoms with Crippen LogP contribution >= 0.6 is 0 Å².